The predicted molar refractivity (Wildman–Crippen MR) is 145 cm³/mol. The number of carboxylic acid groups (broad SMARTS) is 1. The van der Waals surface area contributed by atoms with Crippen LogP contribution in [0.25, 0.3) is 5.76 Å². The van der Waals surface area contributed by atoms with E-state index < -0.39 is 23.7 Å². The van der Waals surface area contributed by atoms with E-state index in [1.165, 1.54) is 4.90 Å². The summed E-state index contributed by atoms with van der Waals surface area (Å²) >= 11 is 0. The number of Topliss-reactive ketones (excluding diaryl/α,β-unsaturated/α-hetero) is 1. The number of aliphatic carboxylic acids is 1. The third-order valence-corrected chi connectivity index (χ3v) is 6.80. The van der Waals surface area contributed by atoms with E-state index in [0.29, 0.717) is 33.7 Å². The number of aliphatic hydroxyl groups excluding tert-OH is 1. The van der Waals surface area contributed by atoms with Crippen LogP contribution in [0.2, 0.25) is 0 Å². The Kier molecular flexibility index (Phi) is 7.14. The van der Waals surface area contributed by atoms with Gasteiger partial charge in [-0.2, -0.15) is 0 Å². The van der Waals surface area contributed by atoms with E-state index in [0.717, 1.165) is 5.56 Å². The number of carbonyl (C=O) groups is 3. The first-order valence-electron chi connectivity index (χ1n) is 12.3. The van der Waals surface area contributed by atoms with Crippen LogP contribution < -0.4 is 9.64 Å². The summed E-state index contributed by atoms with van der Waals surface area (Å²) in [5, 5.41) is 20.6. The number of hydrogen-bond acceptors (Lipinski definition) is 5. The lowest BCUT2D eigenvalue weighted by Crippen LogP contribution is -2.29. The summed E-state index contributed by atoms with van der Waals surface area (Å²) in [5.74, 6) is -2.19. The standard InChI is InChI=1S/C31H31NO6/c1-18-16-23(38-5)14-15-24(18)28(35)26-27(20-8-10-21(11-9-20)31(2,3)4)32(30(37)29(26)36)22-12-6-19(7-13-22)17-25(33)34/h6-16,27,35H,17H2,1-5H3,(H,33,34)/b28-26-. The molecule has 2 N–H and O–H groups in total. The van der Waals surface area contributed by atoms with Gasteiger partial charge in [0, 0.05) is 11.3 Å². The van der Waals surface area contributed by atoms with E-state index in [4.69, 9.17) is 9.84 Å². The van der Waals surface area contributed by atoms with Gasteiger partial charge >= 0.3 is 5.97 Å². The van der Waals surface area contributed by atoms with Crippen molar-refractivity contribution in [2.75, 3.05) is 12.0 Å². The molecule has 0 saturated carbocycles. The topological polar surface area (TPSA) is 104 Å². The molecule has 1 unspecified atom stereocenters. The van der Waals surface area contributed by atoms with Crippen LogP contribution >= 0.6 is 0 Å². The van der Waals surface area contributed by atoms with Gasteiger partial charge in [0.05, 0.1) is 25.1 Å². The van der Waals surface area contributed by atoms with Crippen molar-refractivity contribution in [3.05, 3.63) is 100 Å². The van der Waals surface area contributed by atoms with Crippen molar-refractivity contribution in [2.24, 2.45) is 0 Å². The van der Waals surface area contributed by atoms with Gasteiger partial charge in [0.25, 0.3) is 11.7 Å². The number of aliphatic hydroxyl groups is 1. The van der Waals surface area contributed by atoms with Crippen LogP contribution in [0.1, 0.15) is 54.6 Å². The van der Waals surface area contributed by atoms with Crippen LogP contribution in [0, 0.1) is 6.92 Å². The van der Waals surface area contributed by atoms with Crippen molar-refractivity contribution in [2.45, 2.75) is 45.6 Å². The molecule has 0 spiro atoms. The molecule has 1 amide bonds. The maximum absolute atomic E-state index is 13.4. The van der Waals surface area contributed by atoms with Gasteiger partial charge in [0.15, 0.2) is 0 Å². The maximum atomic E-state index is 13.4. The lowest BCUT2D eigenvalue weighted by molar-refractivity contribution is -0.136. The number of aryl methyl sites for hydroxylation is 1. The van der Waals surface area contributed by atoms with Crippen molar-refractivity contribution in [3.63, 3.8) is 0 Å². The molecule has 0 aliphatic carbocycles. The number of carboxylic acids is 1. The number of amides is 1. The first-order valence-corrected chi connectivity index (χ1v) is 12.3. The minimum Gasteiger partial charge on any atom is -0.507 e. The van der Waals surface area contributed by atoms with Crippen LogP contribution in [0.3, 0.4) is 0 Å². The minimum absolute atomic E-state index is 0.0126. The molecule has 38 heavy (non-hydrogen) atoms. The number of rotatable bonds is 6. The first kappa shape index (κ1) is 26.7. The number of carbonyl (C=O) groups excluding carboxylic acids is 2. The highest BCUT2D eigenvalue weighted by molar-refractivity contribution is 6.51. The highest BCUT2D eigenvalue weighted by atomic mass is 16.5. The van der Waals surface area contributed by atoms with Gasteiger partial charge in [-0.3, -0.25) is 19.3 Å². The molecular formula is C31H31NO6. The van der Waals surface area contributed by atoms with Gasteiger partial charge in [0.1, 0.15) is 11.5 Å². The molecule has 1 atom stereocenters. The largest absolute Gasteiger partial charge is 0.507 e. The number of nitrogens with zero attached hydrogens (tertiary/aromatic N) is 1. The van der Waals surface area contributed by atoms with Crippen molar-refractivity contribution >= 4 is 29.1 Å². The maximum Gasteiger partial charge on any atom is 0.307 e. The predicted octanol–water partition coefficient (Wildman–Crippen LogP) is 5.55. The molecule has 1 heterocycles. The Balaban J connectivity index is 1.90. The monoisotopic (exact) mass is 513 g/mol. The third kappa shape index (κ3) is 5.05. The van der Waals surface area contributed by atoms with E-state index >= 15 is 0 Å². The zero-order valence-electron chi connectivity index (χ0n) is 22.1. The average Bonchev–Trinajstić information content (AvgIpc) is 3.13. The molecule has 196 valence electrons. The summed E-state index contributed by atoms with van der Waals surface area (Å²) in [6.07, 6.45) is -0.159. The SMILES string of the molecule is COc1ccc(/C(O)=C2/C(=O)C(=O)N(c3ccc(CC(=O)O)cc3)C2c2ccc(C(C)(C)C)cc2)c(C)c1. The van der Waals surface area contributed by atoms with Gasteiger partial charge in [-0.05, 0) is 64.9 Å². The van der Waals surface area contributed by atoms with Gasteiger partial charge in [-0.15, -0.1) is 0 Å². The second-order valence-corrected chi connectivity index (χ2v) is 10.5. The van der Waals surface area contributed by atoms with Crippen molar-refractivity contribution < 1.29 is 29.3 Å². The summed E-state index contributed by atoms with van der Waals surface area (Å²) in [6, 6.07) is 18.4. The van der Waals surface area contributed by atoms with E-state index in [-0.39, 0.29) is 23.2 Å². The minimum atomic E-state index is -0.966. The van der Waals surface area contributed by atoms with Crippen LogP contribution in [-0.4, -0.2) is 35.0 Å². The second-order valence-electron chi connectivity index (χ2n) is 10.5. The van der Waals surface area contributed by atoms with Crippen LogP contribution in [0.4, 0.5) is 5.69 Å². The summed E-state index contributed by atoms with van der Waals surface area (Å²) in [5.41, 5.74) is 3.75. The molecule has 7 heteroatoms. The number of ether oxygens (including phenoxy) is 1. The smallest absolute Gasteiger partial charge is 0.307 e. The van der Waals surface area contributed by atoms with E-state index in [2.05, 4.69) is 20.8 Å². The Morgan fingerprint density at radius 1 is 0.947 bits per heavy atom. The molecule has 0 radical (unpaired) electrons. The molecule has 0 aromatic heterocycles. The molecule has 0 bridgehead atoms. The number of anilines is 1. The van der Waals surface area contributed by atoms with Gasteiger partial charge in [-0.1, -0.05) is 57.2 Å². The van der Waals surface area contributed by atoms with E-state index in [1.54, 1.807) is 56.5 Å². The van der Waals surface area contributed by atoms with Crippen molar-refractivity contribution in [1.82, 2.24) is 0 Å². The van der Waals surface area contributed by atoms with Crippen molar-refractivity contribution in [3.8, 4) is 5.75 Å². The lowest BCUT2D eigenvalue weighted by atomic mass is 9.85. The number of methoxy groups -OCH3 is 1. The van der Waals surface area contributed by atoms with Crippen LogP contribution in [-0.2, 0) is 26.2 Å². The fourth-order valence-electron chi connectivity index (χ4n) is 4.70. The molecule has 1 fully saturated rings. The highest BCUT2D eigenvalue weighted by Gasteiger charge is 2.47. The average molecular weight is 514 g/mol. The Morgan fingerprint density at radius 3 is 2.11 bits per heavy atom. The highest BCUT2D eigenvalue weighted by Crippen LogP contribution is 2.43. The molecule has 4 rings (SSSR count). The summed E-state index contributed by atoms with van der Waals surface area (Å²) in [7, 11) is 1.54. The second kappa shape index (κ2) is 10.2. The molecule has 3 aromatic carbocycles. The molecule has 1 aliphatic rings. The molecule has 3 aromatic rings. The zero-order chi connectivity index (χ0) is 27.8. The van der Waals surface area contributed by atoms with Crippen molar-refractivity contribution in [1.29, 1.82) is 0 Å². The lowest BCUT2D eigenvalue weighted by Gasteiger charge is -2.27. The first-order chi connectivity index (χ1) is 17.9. The van der Waals surface area contributed by atoms with Gasteiger partial charge in [-0.25, -0.2) is 0 Å². The number of ketones is 1. The van der Waals surface area contributed by atoms with Crippen LogP contribution in [0.15, 0.2) is 72.3 Å². The molecular weight excluding hydrogens is 482 g/mol. The fourth-order valence-corrected chi connectivity index (χ4v) is 4.70. The Labute approximate surface area is 222 Å². The normalized spacial score (nSPS) is 17.1. The summed E-state index contributed by atoms with van der Waals surface area (Å²) in [6.45, 7) is 8.08. The molecule has 7 nitrogen and oxygen atoms in total. The quantitative estimate of drug-likeness (QED) is 0.254. The molecule has 1 aliphatic heterocycles. The Morgan fingerprint density at radius 2 is 1.58 bits per heavy atom. The summed E-state index contributed by atoms with van der Waals surface area (Å²) < 4.78 is 5.27. The van der Waals surface area contributed by atoms with Crippen LogP contribution in [0.5, 0.6) is 5.75 Å². The van der Waals surface area contributed by atoms with Gasteiger partial charge < -0.3 is 14.9 Å². The van der Waals surface area contributed by atoms with E-state index in [9.17, 15) is 19.5 Å². The summed E-state index contributed by atoms with van der Waals surface area (Å²) in [4.78, 5) is 39.3. The van der Waals surface area contributed by atoms with Gasteiger partial charge in [0.2, 0.25) is 0 Å². The third-order valence-electron chi connectivity index (χ3n) is 6.80. The Hall–Kier alpha value is -4.39. The number of hydrogen-bond donors (Lipinski definition) is 2. The van der Waals surface area contributed by atoms with E-state index in [1.807, 2.05) is 24.3 Å². The Bertz CT molecular complexity index is 1430. The molecule has 1 saturated heterocycles. The fraction of sp³-hybridized carbons (Fsp3) is 0.258. The zero-order valence-corrected chi connectivity index (χ0v) is 22.1. The number of benzene rings is 3.